The van der Waals surface area contributed by atoms with Crippen molar-refractivity contribution in [2.24, 2.45) is 17.3 Å². The van der Waals surface area contributed by atoms with Crippen molar-refractivity contribution in [1.82, 2.24) is 4.98 Å². The van der Waals surface area contributed by atoms with Gasteiger partial charge in [0.15, 0.2) is 0 Å². The molecule has 4 bridgehead atoms. The minimum Gasteiger partial charge on any atom is -0.459 e. The topological polar surface area (TPSA) is 52.3 Å². The summed E-state index contributed by atoms with van der Waals surface area (Å²) in [6, 6.07) is 3.93. The number of carbonyl (C=O) groups excluding carboxylic acids is 1. The number of aromatic nitrogens is 1. The molecule has 0 radical (unpaired) electrons. The van der Waals surface area contributed by atoms with Gasteiger partial charge >= 0.3 is 5.97 Å². The third kappa shape index (κ3) is 2.78. The number of carbonyl (C=O) groups is 1. The van der Waals surface area contributed by atoms with Gasteiger partial charge < -0.3 is 9.15 Å². The molecule has 0 aliphatic heterocycles. The molecule has 0 aromatic carbocycles. The van der Waals surface area contributed by atoms with Gasteiger partial charge in [-0.05, 0) is 61.8 Å². The van der Waals surface area contributed by atoms with Crippen molar-refractivity contribution in [3.63, 3.8) is 0 Å². The van der Waals surface area contributed by atoms with Gasteiger partial charge in [-0.2, -0.15) is 0 Å². The molecule has 4 aliphatic rings. The average molecular weight is 422 g/mol. The number of oxazole rings is 1. The second-order valence-electron chi connectivity index (χ2n) is 8.09. The quantitative estimate of drug-likeness (QED) is 0.503. The Morgan fingerprint density at radius 2 is 2.16 bits per heavy atom. The Morgan fingerprint density at radius 1 is 1.36 bits per heavy atom. The fraction of sp³-hybridized carbons (Fsp3) is 0.579. The molecule has 0 amide bonds. The Labute approximate surface area is 159 Å². The number of esters is 1. The molecule has 2 heterocycles. The van der Waals surface area contributed by atoms with Crippen molar-refractivity contribution in [2.75, 3.05) is 0 Å². The van der Waals surface area contributed by atoms with Crippen molar-refractivity contribution in [1.29, 1.82) is 0 Å². The molecular weight excluding hydrogens is 402 g/mol. The fourth-order valence-corrected chi connectivity index (χ4v) is 7.68. The Morgan fingerprint density at radius 3 is 2.84 bits per heavy atom. The van der Waals surface area contributed by atoms with E-state index in [1.54, 1.807) is 17.6 Å². The van der Waals surface area contributed by atoms with Crippen LogP contribution in [0.5, 0.6) is 0 Å². The number of nitrogens with zero attached hydrogens (tertiary/aromatic N) is 1. The van der Waals surface area contributed by atoms with Crippen molar-refractivity contribution in [2.45, 2.75) is 49.5 Å². The zero-order valence-corrected chi connectivity index (χ0v) is 16.3. The molecule has 6 heteroatoms. The smallest absolute Gasteiger partial charge is 0.312 e. The monoisotopic (exact) mass is 421 g/mol. The molecular formula is C19H20BrNO3S. The molecule has 6 rings (SSSR count). The maximum atomic E-state index is 12.9. The first kappa shape index (κ1) is 16.1. The lowest BCUT2D eigenvalue weighted by Crippen LogP contribution is -2.56. The molecule has 4 nitrogen and oxygen atoms in total. The highest BCUT2D eigenvalue weighted by Gasteiger charge is 2.60. The number of thiophene rings is 1. The van der Waals surface area contributed by atoms with Crippen LogP contribution in [0.25, 0.3) is 10.8 Å². The molecule has 0 N–H and O–H groups in total. The average Bonchev–Trinajstić information content (AvgIpc) is 3.21. The first-order valence-corrected chi connectivity index (χ1v) is 10.6. The molecule has 2 atom stereocenters. The van der Waals surface area contributed by atoms with Crippen LogP contribution in [0.15, 0.2) is 28.2 Å². The second-order valence-corrected chi connectivity index (χ2v) is 10.7. The normalized spacial score (nSPS) is 35.9. The standard InChI is InChI=1S/C19H20BrNO3S/c20-19-7-12-4-13(8-19)6-18(5-12,11-19)17(22)24-10-14-9-23-16(21-14)15-2-1-3-25-15/h1-3,9,12-13H,4-8,10-11H2. The van der Waals surface area contributed by atoms with Crippen LogP contribution in [-0.2, 0) is 16.1 Å². The van der Waals surface area contributed by atoms with Crippen molar-refractivity contribution < 1.29 is 13.9 Å². The third-order valence-corrected chi connectivity index (χ3v) is 7.84. The predicted octanol–water partition coefficient (Wildman–Crippen LogP) is 5.18. The van der Waals surface area contributed by atoms with Crippen LogP contribution >= 0.6 is 27.3 Å². The van der Waals surface area contributed by atoms with E-state index in [4.69, 9.17) is 9.15 Å². The summed E-state index contributed by atoms with van der Waals surface area (Å²) in [5.41, 5.74) is 0.392. The Bertz CT molecular complexity index is 785. The van der Waals surface area contributed by atoms with E-state index in [2.05, 4.69) is 20.9 Å². The molecule has 2 unspecified atom stereocenters. The Balaban J connectivity index is 1.28. The maximum Gasteiger partial charge on any atom is 0.312 e. The SMILES string of the molecule is O=C(OCc1coc(-c2cccs2)n1)C12CC3CC(CC(Br)(C3)C1)C2. The van der Waals surface area contributed by atoms with Gasteiger partial charge in [0.2, 0.25) is 5.89 Å². The van der Waals surface area contributed by atoms with Gasteiger partial charge in [-0.3, -0.25) is 4.79 Å². The van der Waals surface area contributed by atoms with E-state index in [1.807, 2.05) is 17.5 Å². The van der Waals surface area contributed by atoms with E-state index < -0.39 is 0 Å². The minimum absolute atomic E-state index is 0.0360. The maximum absolute atomic E-state index is 12.9. The van der Waals surface area contributed by atoms with Gasteiger partial charge in [0, 0.05) is 4.32 Å². The number of ether oxygens (including phenoxy) is 1. The van der Waals surface area contributed by atoms with Crippen LogP contribution in [0.3, 0.4) is 0 Å². The summed E-state index contributed by atoms with van der Waals surface area (Å²) >= 11 is 5.53. The van der Waals surface area contributed by atoms with Crippen LogP contribution in [0.4, 0.5) is 0 Å². The lowest BCUT2D eigenvalue weighted by Gasteiger charge is -2.58. The lowest BCUT2D eigenvalue weighted by molar-refractivity contribution is -0.171. The van der Waals surface area contributed by atoms with Gasteiger partial charge in [-0.25, -0.2) is 4.98 Å². The van der Waals surface area contributed by atoms with Gasteiger partial charge in [-0.15, -0.1) is 11.3 Å². The largest absolute Gasteiger partial charge is 0.459 e. The van der Waals surface area contributed by atoms with Crippen LogP contribution in [0.1, 0.15) is 44.2 Å². The number of rotatable bonds is 4. The van der Waals surface area contributed by atoms with Crippen LogP contribution in [-0.4, -0.2) is 15.3 Å². The zero-order chi connectivity index (χ0) is 17.1. The molecule has 25 heavy (non-hydrogen) atoms. The van der Waals surface area contributed by atoms with Crippen LogP contribution in [0, 0.1) is 17.3 Å². The minimum atomic E-state index is -0.284. The summed E-state index contributed by atoms with van der Waals surface area (Å²) in [5, 5.41) is 1.99. The van der Waals surface area contributed by atoms with Gasteiger partial charge in [0.05, 0.1) is 10.3 Å². The summed E-state index contributed by atoms with van der Waals surface area (Å²) in [4.78, 5) is 18.4. The van der Waals surface area contributed by atoms with Crippen LogP contribution < -0.4 is 0 Å². The van der Waals surface area contributed by atoms with E-state index in [0.717, 1.165) is 24.1 Å². The zero-order valence-electron chi connectivity index (χ0n) is 13.9. The van der Waals surface area contributed by atoms with E-state index in [0.29, 0.717) is 23.4 Å². The Kier molecular flexibility index (Phi) is 3.65. The molecule has 4 fully saturated rings. The van der Waals surface area contributed by atoms with E-state index in [-0.39, 0.29) is 22.3 Å². The molecule has 4 saturated carbocycles. The Hall–Kier alpha value is -1.14. The van der Waals surface area contributed by atoms with Crippen molar-refractivity contribution >= 4 is 33.2 Å². The van der Waals surface area contributed by atoms with E-state index in [1.165, 1.54) is 19.3 Å². The molecule has 0 spiro atoms. The van der Waals surface area contributed by atoms with Gasteiger partial charge in [0.1, 0.15) is 18.6 Å². The fourth-order valence-electron chi connectivity index (χ4n) is 5.57. The summed E-state index contributed by atoms with van der Waals surface area (Å²) in [6.45, 7) is 0.195. The van der Waals surface area contributed by atoms with Crippen molar-refractivity contribution in [3.8, 4) is 10.8 Å². The van der Waals surface area contributed by atoms with Gasteiger partial charge in [-0.1, -0.05) is 22.0 Å². The van der Waals surface area contributed by atoms with Crippen LogP contribution in [0.2, 0.25) is 0 Å². The number of hydrogen-bond acceptors (Lipinski definition) is 5. The lowest BCUT2D eigenvalue weighted by atomic mass is 9.49. The first-order valence-electron chi connectivity index (χ1n) is 8.88. The molecule has 4 aliphatic carbocycles. The summed E-state index contributed by atoms with van der Waals surface area (Å²) in [5.74, 6) is 1.90. The number of hydrogen-bond donors (Lipinski definition) is 0. The summed E-state index contributed by atoms with van der Waals surface area (Å²) in [7, 11) is 0. The summed E-state index contributed by atoms with van der Waals surface area (Å²) < 4.78 is 11.4. The van der Waals surface area contributed by atoms with E-state index >= 15 is 0 Å². The third-order valence-electron chi connectivity index (χ3n) is 6.06. The molecule has 2 aromatic rings. The second kappa shape index (κ2) is 5.68. The highest BCUT2D eigenvalue weighted by Crippen LogP contribution is 2.64. The first-order chi connectivity index (χ1) is 12.0. The molecule has 0 saturated heterocycles. The van der Waals surface area contributed by atoms with E-state index in [9.17, 15) is 4.79 Å². The number of alkyl halides is 1. The number of halogens is 1. The highest BCUT2D eigenvalue weighted by atomic mass is 79.9. The summed E-state index contributed by atoms with van der Waals surface area (Å²) in [6.07, 6.45) is 8.22. The molecule has 132 valence electrons. The molecule has 2 aromatic heterocycles. The van der Waals surface area contributed by atoms with Crippen molar-refractivity contribution in [3.05, 3.63) is 29.5 Å². The van der Waals surface area contributed by atoms with Gasteiger partial charge in [0.25, 0.3) is 0 Å². The highest BCUT2D eigenvalue weighted by molar-refractivity contribution is 9.10. The predicted molar refractivity (Wildman–Crippen MR) is 98.4 cm³/mol.